The van der Waals surface area contributed by atoms with Crippen LogP contribution in [0.3, 0.4) is 0 Å². The second kappa shape index (κ2) is 10.1. The van der Waals surface area contributed by atoms with Crippen LogP contribution in [0.1, 0.15) is 80.6 Å². The number of carbonyl (C=O) groups is 1. The highest BCUT2D eigenvalue weighted by atomic mass is 16.1. The summed E-state index contributed by atoms with van der Waals surface area (Å²) in [6, 6.07) is 8.16. The Morgan fingerprint density at radius 3 is 2.27 bits per heavy atom. The van der Waals surface area contributed by atoms with Gasteiger partial charge in [-0.3, -0.25) is 4.79 Å². The van der Waals surface area contributed by atoms with Gasteiger partial charge in [-0.25, -0.2) is 0 Å². The number of nitrogens with one attached hydrogen (secondary N) is 3. The summed E-state index contributed by atoms with van der Waals surface area (Å²) in [5.74, 6) is 4.30. The summed E-state index contributed by atoms with van der Waals surface area (Å²) in [6.45, 7) is 3.10. The number of anilines is 3. The van der Waals surface area contributed by atoms with Crippen molar-refractivity contribution in [2.24, 2.45) is 17.8 Å². The largest absolute Gasteiger partial charge is 0.354 e. The van der Waals surface area contributed by atoms with Crippen LogP contribution in [-0.4, -0.2) is 33.3 Å². The topological polar surface area (TPSA) is 91.8 Å². The number of nitrogens with zero attached hydrogens (tertiary/aromatic N) is 3. The summed E-state index contributed by atoms with van der Waals surface area (Å²) in [7, 11) is 0. The Hall–Kier alpha value is -2.70. The molecular formula is C26H36N6O. The van der Waals surface area contributed by atoms with E-state index < -0.39 is 0 Å². The van der Waals surface area contributed by atoms with Gasteiger partial charge in [0.25, 0.3) is 0 Å². The third-order valence-corrected chi connectivity index (χ3v) is 7.77. The second-order valence-electron chi connectivity index (χ2n) is 10.2. The smallest absolute Gasteiger partial charge is 0.229 e. The van der Waals surface area contributed by atoms with E-state index in [2.05, 4.69) is 20.9 Å². The predicted octanol–water partition coefficient (Wildman–Crippen LogP) is 5.28. The summed E-state index contributed by atoms with van der Waals surface area (Å²) >= 11 is 0. The standard InChI is InChI=1S/C26H36N6O/c1-17(33)21-10-7-19(8-11-21)16-28-25-30-24(27-15-18-5-3-2-4-6-18)31-26(32-25)29-23-14-20-9-12-22(23)13-20/h7-8,10-11,18,20,22-23H,2-6,9,12-16H2,1H3,(H3,27,28,29,30,31,32). The van der Waals surface area contributed by atoms with Gasteiger partial charge in [-0.05, 0) is 62.3 Å². The van der Waals surface area contributed by atoms with Crippen LogP contribution in [0.25, 0.3) is 0 Å². The molecule has 1 aromatic carbocycles. The highest BCUT2D eigenvalue weighted by Crippen LogP contribution is 2.45. The average Bonchev–Trinajstić information content (AvgIpc) is 3.46. The van der Waals surface area contributed by atoms with Crippen molar-refractivity contribution in [1.82, 2.24) is 15.0 Å². The third-order valence-electron chi connectivity index (χ3n) is 7.77. The molecule has 7 heteroatoms. The van der Waals surface area contributed by atoms with Crippen LogP contribution in [-0.2, 0) is 6.54 Å². The molecule has 2 aromatic rings. The first-order valence-corrected chi connectivity index (χ1v) is 12.7. The van der Waals surface area contributed by atoms with Crippen LogP contribution < -0.4 is 16.0 Å². The number of hydrogen-bond donors (Lipinski definition) is 3. The summed E-state index contributed by atoms with van der Waals surface area (Å²) < 4.78 is 0. The molecule has 3 atom stereocenters. The molecule has 2 bridgehead atoms. The molecule has 0 radical (unpaired) electrons. The first-order valence-electron chi connectivity index (χ1n) is 12.7. The fourth-order valence-electron chi connectivity index (χ4n) is 5.85. The van der Waals surface area contributed by atoms with Gasteiger partial charge in [0.05, 0.1) is 0 Å². The number of aromatic nitrogens is 3. The minimum atomic E-state index is 0.0805. The fraction of sp³-hybridized carbons (Fsp3) is 0.615. The average molecular weight is 449 g/mol. The number of benzene rings is 1. The minimum Gasteiger partial charge on any atom is -0.354 e. The van der Waals surface area contributed by atoms with Crippen molar-refractivity contribution in [3.05, 3.63) is 35.4 Å². The van der Waals surface area contributed by atoms with Gasteiger partial charge in [-0.2, -0.15) is 15.0 Å². The number of hydrogen-bond acceptors (Lipinski definition) is 7. The third kappa shape index (κ3) is 5.63. The Bertz CT molecular complexity index is 956. The number of carbonyl (C=O) groups excluding carboxylic acids is 1. The Morgan fingerprint density at radius 2 is 1.61 bits per heavy atom. The Kier molecular flexibility index (Phi) is 6.74. The van der Waals surface area contributed by atoms with E-state index in [0.29, 0.717) is 36.3 Å². The van der Waals surface area contributed by atoms with Crippen LogP contribution in [0.5, 0.6) is 0 Å². The summed E-state index contributed by atoms with van der Waals surface area (Å²) in [6.07, 6.45) is 11.9. The van der Waals surface area contributed by atoms with Gasteiger partial charge >= 0.3 is 0 Å². The zero-order chi connectivity index (χ0) is 22.6. The van der Waals surface area contributed by atoms with Gasteiger partial charge < -0.3 is 16.0 Å². The summed E-state index contributed by atoms with van der Waals surface area (Å²) in [4.78, 5) is 25.6. The molecule has 3 N–H and O–H groups in total. The molecule has 3 aliphatic rings. The molecule has 1 aromatic heterocycles. The molecule has 33 heavy (non-hydrogen) atoms. The van der Waals surface area contributed by atoms with Gasteiger partial charge in [-0.15, -0.1) is 0 Å². The molecule has 0 amide bonds. The Morgan fingerprint density at radius 1 is 0.879 bits per heavy atom. The quantitative estimate of drug-likeness (QED) is 0.450. The van der Waals surface area contributed by atoms with Crippen LogP contribution in [0.15, 0.2) is 24.3 Å². The van der Waals surface area contributed by atoms with Gasteiger partial charge in [0.2, 0.25) is 17.8 Å². The van der Waals surface area contributed by atoms with Crippen LogP contribution >= 0.6 is 0 Å². The first-order chi connectivity index (χ1) is 16.1. The van der Waals surface area contributed by atoms with E-state index in [4.69, 9.17) is 9.97 Å². The Labute approximate surface area is 196 Å². The maximum atomic E-state index is 11.5. The van der Waals surface area contributed by atoms with Crippen LogP contribution in [0, 0.1) is 17.8 Å². The monoisotopic (exact) mass is 448 g/mol. The lowest BCUT2D eigenvalue weighted by molar-refractivity contribution is 0.101. The minimum absolute atomic E-state index is 0.0805. The van der Waals surface area contributed by atoms with Crippen molar-refractivity contribution < 1.29 is 4.79 Å². The van der Waals surface area contributed by atoms with E-state index in [-0.39, 0.29) is 5.78 Å². The lowest BCUT2D eigenvalue weighted by Gasteiger charge is -2.24. The van der Waals surface area contributed by atoms with Gasteiger partial charge in [0, 0.05) is 24.7 Å². The molecule has 0 saturated heterocycles. The molecule has 3 saturated carbocycles. The molecule has 0 aliphatic heterocycles. The van der Waals surface area contributed by atoms with Crippen molar-refractivity contribution in [3.63, 3.8) is 0 Å². The van der Waals surface area contributed by atoms with Crippen molar-refractivity contribution in [3.8, 4) is 0 Å². The van der Waals surface area contributed by atoms with Gasteiger partial charge in [0.15, 0.2) is 5.78 Å². The first kappa shape index (κ1) is 22.1. The number of fused-ring (bicyclic) bond motifs is 2. The van der Waals surface area contributed by atoms with E-state index in [9.17, 15) is 4.79 Å². The van der Waals surface area contributed by atoms with Gasteiger partial charge in [0.1, 0.15) is 0 Å². The molecule has 3 unspecified atom stereocenters. The van der Waals surface area contributed by atoms with Crippen molar-refractivity contribution in [2.45, 2.75) is 77.3 Å². The zero-order valence-corrected chi connectivity index (χ0v) is 19.6. The molecule has 176 valence electrons. The fourth-order valence-corrected chi connectivity index (χ4v) is 5.85. The van der Waals surface area contributed by atoms with Crippen LogP contribution in [0.4, 0.5) is 17.8 Å². The molecule has 5 rings (SSSR count). The van der Waals surface area contributed by atoms with E-state index in [1.54, 1.807) is 6.92 Å². The normalized spacial score (nSPS) is 24.6. The molecule has 0 spiro atoms. The van der Waals surface area contributed by atoms with Crippen molar-refractivity contribution >= 4 is 23.6 Å². The highest BCUT2D eigenvalue weighted by Gasteiger charge is 2.39. The number of Topliss-reactive ketones (excluding diaryl/α,β-unsaturated/α-hetero) is 1. The van der Waals surface area contributed by atoms with E-state index >= 15 is 0 Å². The maximum absolute atomic E-state index is 11.5. The SMILES string of the molecule is CC(=O)c1ccc(CNc2nc(NCC3CCCCC3)nc(NC3CC4CCC3C4)n2)cc1. The van der Waals surface area contributed by atoms with E-state index in [0.717, 1.165) is 29.5 Å². The maximum Gasteiger partial charge on any atom is 0.229 e. The molecule has 7 nitrogen and oxygen atoms in total. The van der Waals surface area contributed by atoms with E-state index in [1.165, 1.54) is 57.8 Å². The number of rotatable bonds is 9. The molecule has 1 heterocycles. The zero-order valence-electron chi connectivity index (χ0n) is 19.6. The second-order valence-corrected chi connectivity index (χ2v) is 10.2. The van der Waals surface area contributed by atoms with Gasteiger partial charge in [-0.1, -0.05) is 49.9 Å². The summed E-state index contributed by atoms with van der Waals surface area (Å²) in [5, 5.41) is 10.5. The highest BCUT2D eigenvalue weighted by molar-refractivity contribution is 5.94. The molecule has 3 fully saturated rings. The molecule has 3 aliphatic carbocycles. The van der Waals surface area contributed by atoms with E-state index in [1.807, 2.05) is 24.3 Å². The lowest BCUT2D eigenvalue weighted by Crippen LogP contribution is -2.27. The summed E-state index contributed by atoms with van der Waals surface area (Å²) in [5.41, 5.74) is 1.81. The predicted molar refractivity (Wildman–Crippen MR) is 132 cm³/mol. The van der Waals surface area contributed by atoms with Crippen molar-refractivity contribution in [2.75, 3.05) is 22.5 Å². The molecular weight excluding hydrogens is 412 g/mol. The number of ketones is 1. The van der Waals surface area contributed by atoms with Crippen LogP contribution in [0.2, 0.25) is 0 Å². The van der Waals surface area contributed by atoms with Crippen molar-refractivity contribution in [1.29, 1.82) is 0 Å². The lowest BCUT2D eigenvalue weighted by atomic mass is 9.89. The Balaban J connectivity index is 1.27.